The van der Waals surface area contributed by atoms with Gasteiger partial charge in [0.2, 0.25) is 0 Å². The van der Waals surface area contributed by atoms with Crippen molar-refractivity contribution in [2.24, 2.45) is 0 Å². The third kappa shape index (κ3) is 4.54. The number of benzene rings is 1. The van der Waals surface area contributed by atoms with E-state index in [1.165, 1.54) is 15.8 Å². The Morgan fingerprint density at radius 3 is 2.85 bits per heavy atom. The number of para-hydroxylation sites is 1. The van der Waals surface area contributed by atoms with Crippen molar-refractivity contribution in [3.63, 3.8) is 0 Å². The normalized spacial score (nSPS) is 10.6. The van der Waals surface area contributed by atoms with Crippen LogP contribution in [-0.2, 0) is 27.3 Å². The van der Waals surface area contributed by atoms with Gasteiger partial charge in [0.15, 0.2) is 6.61 Å². The van der Waals surface area contributed by atoms with E-state index in [1.54, 1.807) is 35.6 Å². The lowest BCUT2D eigenvalue weighted by atomic mass is 10.2. The average Bonchev–Trinajstić information content (AvgIpc) is 3.16. The van der Waals surface area contributed by atoms with E-state index in [-0.39, 0.29) is 24.6 Å². The Balaban J connectivity index is 1.47. The number of carbonyl (C=O) groups excluding carboxylic acids is 2. The zero-order valence-corrected chi connectivity index (χ0v) is 14.7. The van der Waals surface area contributed by atoms with Crippen molar-refractivity contribution < 1.29 is 14.3 Å². The van der Waals surface area contributed by atoms with Crippen molar-refractivity contribution >= 4 is 34.1 Å². The molecule has 1 amide bonds. The molecule has 0 aliphatic rings. The smallest absolute Gasteiger partial charge is 0.326 e. The second-order valence-electron chi connectivity index (χ2n) is 5.53. The van der Waals surface area contributed by atoms with Crippen molar-refractivity contribution in [2.75, 3.05) is 13.2 Å². The first-order chi connectivity index (χ1) is 12.6. The summed E-state index contributed by atoms with van der Waals surface area (Å²) in [5.41, 5.74) is 0.236. The minimum absolute atomic E-state index is 0.293. The quantitative estimate of drug-likeness (QED) is 0.634. The molecule has 3 aromatic rings. The number of nitrogens with zero attached hydrogens (tertiary/aromatic N) is 2. The standard InChI is InChI=1S/C18H17N3O4S/c22-16(19-8-7-13-4-3-9-26-13)11-25-17(23)10-21-12-20-15-6-2-1-5-14(15)18(21)24/h1-6,9,12H,7-8,10-11H2,(H,19,22). The van der Waals surface area contributed by atoms with Crippen LogP contribution in [0.15, 0.2) is 52.9 Å². The molecule has 26 heavy (non-hydrogen) atoms. The van der Waals surface area contributed by atoms with Gasteiger partial charge in [0, 0.05) is 11.4 Å². The topological polar surface area (TPSA) is 90.3 Å². The first-order valence-electron chi connectivity index (χ1n) is 8.02. The van der Waals surface area contributed by atoms with Crippen LogP contribution in [0.2, 0.25) is 0 Å². The molecule has 0 atom stereocenters. The molecule has 0 saturated carbocycles. The van der Waals surface area contributed by atoms with Crippen molar-refractivity contribution in [1.82, 2.24) is 14.9 Å². The molecule has 2 heterocycles. The third-order valence-corrected chi connectivity index (χ3v) is 4.61. The van der Waals surface area contributed by atoms with Crippen LogP contribution < -0.4 is 10.9 Å². The molecule has 0 spiro atoms. The van der Waals surface area contributed by atoms with E-state index < -0.39 is 5.97 Å². The molecule has 0 unspecified atom stereocenters. The van der Waals surface area contributed by atoms with Crippen LogP contribution in [0.5, 0.6) is 0 Å². The molecule has 8 heteroatoms. The van der Waals surface area contributed by atoms with Crippen molar-refractivity contribution in [1.29, 1.82) is 0 Å². The molecule has 7 nitrogen and oxygen atoms in total. The molecule has 2 aromatic heterocycles. The minimum Gasteiger partial charge on any atom is -0.454 e. The highest BCUT2D eigenvalue weighted by Crippen LogP contribution is 2.08. The third-order valence-electron chi connectivity index (χ3n) is 3.67. The molecule has 0 saturated heterocycles. The number of fused-ring (bicyclic) bond motifs is 1. The Morgan fingerprint density at radius 2 is 2.04 bits per heavy atom. The van der Waals surface area contributed by atoms with Crippen LogP contribution >= 0.6 is 11.3 Å². The lowest BCUT2D eigenvalue weighted by molar-refractivity contribution is -0.149. The molecular formula is C18H17N3O4S. The number of hydrogen-bond donors (Lipinski definition) is 1. The molecule has 0 bridgehead atoms. The maximum atomic E-state index is 12.3. The molecule has 3 rings (SSSR count). The molecule has 1 aromatic carbocycles. The predicted octanol–water partition coefficient (Wildman–Crippen LogP) is 1.36. The number of amides is 1. The first kappa shape index (κ1) is 17.8. The number of hydrogen-bond acceptors (Lipinski definition) is 6. The summed E-state index contributed by atoms with van der Waals surface area (Å²) in [7, 11) is 0. The van der Waals surface area contributed by atoms with Crippen LogP contribution in [0, 0.1) is 0 Å². The largest absolute Gasteiger partial charge is 0.454 e. The first-order valence-corrected chi connectivity index (χ1v) is 8.90. The van der Waals surface area contributed by atoms with Crippen LogP contribution in [0.25, 0.3) is 10.9 Å². The van der Waals surface area contributed by atoms with Gasteiger partial charge >= 0.3 is 5.97 Å². The molecule has 0 radical (unpaired) electrons. The summed E-state index contributed by atoms with van der Waals surface area (Å²) in [5, 5.41) is 5.09. The zero-order valence-electron chi connectivity index (χ0n) is 13.9. The van der Waals surface area contributed by atoms with E-state index in [4.69, 9.17) is 4.74 Å². The van der Waals surface area contributed by atoms with E-state index in [0.717, 1.165) is 6.42 Å². The molecule has 0 aliphatic heterocycles. The summed E-state index contributed by atoms with van der Waals surface area (Å²) in [6.07, 6.45) is 2.03. The van der Waals surface area contributed by atoms with Gasteiger partial charge in [-0.15, -0.1) is 11.3 Å². The van der Waals surface area contributed by atoms with E-state index >= 15 is 0 Å². The summed E-state index contributed by atoms with van der Waals surface area (Å²) in [4.78, 5) is 41.2. The lowest BCUT2D eigenvalue weighted by Gasteiger charge is -2.08. The van der Waals surface area contributed by atoms with Crippen LogP contribution in [-0.4, -0.2) is 34.6 Å². The van der Waals surface area contributed by atoms with E-state index in [1.807, 2.05) is 17.5 Å². The van der Waals surface area contributed by atoms with Gasteiger partial charge in [0.25, 0.3) is 11.5 Å². The summed E-state index contributed by atoms with van der Waals surface area (Å²) >= 11 is 1.62. The molecule has 134 valence electrons. The predicted molar refractivity (Wildman–Crippen MR) is 98.0 cm³/mol. The van der Waals surface area contributed by atoms with E-state index in [2.05, 4.69) is 10.3 Å². The highest BCUT2D eigenvalue weighted by atomic mass is 32.1. The zero-order chi connectivity index (χ0) is 18.4. The van der Waals surface area contributed by atoms with Gasteiger partial charge in [0.05, 0.1) is 17.2 Å². The Morgan fingerprint density at radius 1 is 1.19 bits per heavy atom. The van der Waals surface area contributed by atoms with Gasteiger partial charge in [0.1, 0.15) is 6.54 Å². The van der Waals surface area contributed by atoms with Crippen LogP contribution in [0.1, 0.15) is 4.88 Å². The van der Waals surface area contributed by atoms with E-state index in [9.17, 15) is 14.4 Å². The number of thiophene rings is 1. The Kier molecular flexibility index (Phi) is 5.75. The van der Waals surface area contributed by atoms with Crippen LogP contribution in [0.3, 0.4) is 0 Å². The average molecular weight is 371 g/mol. The van der Waals surface area contributed by atoms with Crippen LogP contribution in [0.4, 0.5) is 0 Å². The Bertz CT molecular complexity index is 966. The van der Waals surface area contributed by atoms with Gasteiger partial charge in [-0.25, -0.2) is 4.98 Å². The summed E-state index contributed by atoms with van der Waals surface area (Å²) in [6.45, 7) is -0.191. The summed E-state index contributed by atoms with van der Waals surface area (Å²) in [6, 6.07) is 10.8. The Hall–Kier alpha value is -3.00. The van der Waals surface area contributed by atoms with E-state index in [0.29, 0.717) is 17.4 Å². The second-order valence-corrected chi connectivity index (χ2v) is 6.57. The second kappa shape index (κ2) is 8.39. The van der Waals surface area contributed by atoms with Gasteiger partial charge in [-0.3, -0.25) is 19.0 Å². The fourth-order valence-corrected chi connectivity index (χ4v) is 3.09. The van der Waals surface area contributed by atoms with Crippen molar-refractivity contribution in [3.05, 3.63) is 63.3 Å². The number of esters is 1. The number of aromatic nitrogens is 2. The lowest BCUT2D eigenvalue weighted by Crippen LogP contribution is -2.32. The maximum Gasteiger partial charge on any atom is 0.326 e. The van der Waals surface area contributed by atoms with Gasteiger partial charge < -0.3 is 10.1 Å². The Labute approximate surface area is 153 Å². The fraction of sp³-hybridized carbons (Fsp3) is 0.222. The van der Waals surface area contributed by atoms with Gasteiger partial charge in [-0.2, -0.15) is 0 Å². The SMILES string of the molecule is O=C(COC(=O)Cn1cnc2ccccc2c1=O)NCCc1cccs1. The molecule has 0 fully saturated rings. The summed E-state index contributed by atoms with van der Waals surface area (Å²) in [5.74, 6) is -1.04. The fourth-order valence-electron chi connectivity index (χ4n) is 2.38. The molecule has 0 aliphatic carbocycles. The van der Waals surface area contributed by atoms with Gasteiger partial charge in [-0.05, 0) is 30.0 Å². The number of nitrogens with one attached hydrogen (secondary N) is 1. The molecular weight excluding hydrogens is 354 g/mol. The summed E-state index contributed by atoms with van der Waals surface area (Å²) < 4.78 is 6.09. The van der Waals surface area contributed by atoms with Gasteiger partial charge in [-0.1, -0.05) is 18.2 Å². The van der Waals surface area contributed by atoms with Crippen molar-refractivity contribution in [3.8, 4) is 0 Å². The number of ether oxygens (including phenoxy) is 1. The highest BCUT2D eigenvalue weighted by molar-refractivity contribution is 7.09. The minimum atomic E-state index is -0.669. The maximum absolute atomic E-state index is 12.3. The monoisotopic (exact) mass is 371 g/mol. The highest BCUT2D eigenvalue weighted by Gasteiger charge is 2.11. The molecule has 1 N–H and O–H groups in total. The van der Waals surface area contributed by atoms with Crippen molar-refractivity contribution in [2.45, 2.75) is 13.0 Å². The number of rotatable bonds is 7. The number of carbonyl (C=O) groups is 2.